The molecule has 2 amide bonds. The monoisotopic (exact) mass is 382 g/mol. The summed E-state index contributed by atoms with van der Waals surface area (Å²) in [4.78, 5) is 35.6. The lowest BCUT2D eigenvalue weighted by molar-refractivity contribution is -0.121. The molecule has 1 fully saturated rings. The second-order valence-electron chi connectivity index (χ2n) is 7.53. The molecule has 1 N–H and O–H groups in total. The summed E-state index contributed by atoms with van der Waals surface area (Å²) >= 11 is 0. The van der Waals surface area contributed by atoms with Crippen LogP contribution in [0.3, 0.4) is 0 Å². The Bertz CT molecular complexity index is 868. The first kappa shape index (κ1) is 18.5. The quantitative estimate of drug-likeness (QED) is 0.858. The average molecular weight is 382 g/mol. The summed E-state index contributed by atoms with van der Waals surface area (Å²) in [7, 11) is 0. The predicted molar refractivity (Wildman–Crippen MR) is 102 cm³/mol. The molecule has 7 heteroatoms. The smallest absolute Gasteiger partial charge is 0.255 e. The van der Waals surface area contributed by atoms with Crippen molar-refractivity contribution in [2.24, 2.45) is 5.92 Å². The zero-order valence-electron chi connectivity index (χ0n) is 15.6. The summed E-state index contributed by atoms with van der Waals surface area (Å²) in [5.41, 5.74) is 0.717. The highest BCUT2D eigenvalue weighted by Crippen LogP contribution is 2.33. The molecule has 0 bridgehead atoms. The van der Waals surface area contributed by atoms with E-state index >= 15 is 0 Å². The number of anilines is 1. The maximum atomic E-state index is 14.2. The fourth-order valence-electron chi connectivity index (χ4n) is 4.26. The minimum atomic E-state index is -0.663. The molecule has 2 heterocycles. The summed E-state index contributed by atoms with van der Waals surface area (Å²) in [6.07, 6.45) is 10.7. The van der Waals surface area contributed by atoms with Crippen molar-refractivity contribution in [2.75, 3.05) is 5.32 Å². The van der Waals surface area contributed by atoms with Crippen LogP contribution < -0.4 is 5.32 Å². The number of nitrogens with one attached hydrogen (secondary N) is 1. The van der Waals surface area contributed by atoms with E-state index in [1.165, 1.54) is 42.0 Å². The first-order chi connectivity index (χ1) is 13.6. The number of rotatable bonds is 5. The SMILES string of the molecule is O=C(Nc1cnccn1)[C@H](CC1CCCCC1)N1Cc2c(F)cccc2C1=O. The molecule has 4 rings (SSSR count). The third-order valence-electron chi connectivity index (χ3n) is 5.71. The minimum absolute atomic E-state index is 0.117. The zero-order valence-corrected chi connectivity index (χ0v) is 15.6. The van der Waals surface area contributed by atoms with Gasteiger partial charge in [0.05, 0.1) is 12.7 Å². The van der Waals surface area contributed by atoms with Crippen molar-refractivity contribution in [3.05, 3.63) is 53.7 Å². The Morgan fingerprint density at radius 3 is 2.79 bits per heavy atom. The molecular formula is C21H23FN4O2. The highest BCUT2D eigenvalue weighted by molar-refractivity contribution is 6.03. The number of benzene rings is 1. The molecule has 1 aromatic carbocycles. The number of amides is 2. The Morgan fingerprint density at radius 2 is 2.07 bits per heavy atom. The highest BCUT2D eigenvalue weighted by atomic mass is 19.1. The van der Waals surface area contributed by atoms with Gasteiger partial charge in [0, 0.05) is 23.5 Å². The minimum Gasteiger partial charge on any atom is -0.322 e. The second-order valence-corrected chi connectivity index (χ2v) is 7.53. The molecule has 1 aliphatic carbocycles. The van der Waals surface area contributed by atoms with Crippen LogP contribution in [-0.4, -0.2) is 32.7 Å². The van der Waals surface area contributed by atoms with Crippen molar-refractivity contribution in [3.63, 3.8) is 0 Å². The van der Waals surface area contributed by atoms with Gasteiger partial charge in [-0.25, -0.2) is 9.37 Å². The van der Waals surface area contributed by atoms with Crippen LogP contribution in [0.5, 0.6) is 0 Å². The number of aromatic nitrogens is 2. The van der Waals surface area contributed by atoms with Crippen LogP contribution >= 0.6 is 0 Å². The van der Waals surface area contributed by atoms with Crippen LogP contribution in [0, 0.1) is 11.7 Å². The van der Waals surface area contributed by atoms with Crippen molar-refractivity contribution in [1.29, 1.82) is 0 Å². The lowest BCUT2D eigenvalue weighted by Gasteiger charge is -2.31. The Morgan fingerprint density at radius 1 is 1.25 bits per heavy atom. The van der Waals surface area contributed by atoms with Gasteiger partial charge in [-0.15, -0.1) is 0 Å². The number of hydrogen-bond donors (Lipinski definition) is 1. The maximum absolute atomic E-state index is 14.2. The Balaban J connectivity index is 1.58. The zero-order chi connectivity index (χ0) is 19.5. The largest absolute Gasteiger partial charge is 0.322 e. The molecule has 2 aromatic rings. The number of fused-ring (bicyclic) bond motifs is 1. The molecule has 2 aliphatic rings. The number of nitrogens with zero attached hydrogens (tertiary/aromatic N) is 3. The van der Waals surface area contributed by atoms with Crippen LogP contribution in [0.15, 0.2) is 36.8 Å². The molecule has 0 radical (unpaired) electrons. The summed E-state index contributed by atoms with van der Waals surface area (Å²) in [5.74, 6) is -0.263. The van der Waals surface area contributed by atoms with Crippen LogP contribution in [0.4, 0.5) is 10.2 Å². The van der Waals surface area contributed by atoms with Crippen molar-refractivity contribution >= 4 is 17.6 Å². The average Bonchev–Trinajstić information content (AvgIpc) is 3.05. The van der Waals surface area contributed by atoms with Gasteiger partial charge in [-0.3, -0.25) is 14.6 Å². The van der Waals surface area contributed by atoms with E-state index in [9.17, 15) is 14.0 Å². The first-order valence-electron chi connectivity index (χ1n) is 9.78. The van der Waals surface area contributed by atoms with E-state index in [4.69, 9.17) is 0 Å². The van der Waals surface area contributed by atoms with Crippen molar-refractivity contribution in [1.82, 2.24) is 14.9 Å². The van der Waals surface area contributed by atoms with Gasteiger partial charge in [-0.05, 0) is 24.5 Å². The maximum Gasteiger partial charge on any atom is 0.255 e. The van der Waals surface area contributed by atoms with E-state index in [-0.39, 0.29) is 18.4 Å². The van der Waals surface area contributed by atoms with Gasteiger partial charge in [-0.2, -0.15) is 0 Å². The predicted octanol–water partition coefficient (Wildman–Crippen LogP) is 3.55. The van der Waals surface area contributed by atoms with Crippen molar-refractivity contribution < 1.29 is 14.0 Å². The standard InChI is InChI=1S/C21H23FN4O2/c22-17-8-4-7-15-16(17)13-26(21(15)28)18(11-14-5-2-1-3-6-14)20(27)25-19-12-23-9-10-24-19/h4,7-10,12,14,18H,1-3,5-6,11,13H2,(H,24,25,27)/t18-/m0/s1. The van der Waals surface area contributed by atoms with Gasteiger partial charge >= 0.3 is 0 Å². The van der Waals surface area contributed by atoms with Gasteiger partial charge in [0.2, 0.25) is 5.91 Å². The summed E-state index contributed by atoms with van der Waals surface area (Å²) in [5, 5.41) is 2.77. The van der Waals surface area contributed by atoms with E-state index in [1.54, 1.807) is 6.07 Å². The second kappa shape index (κ2) is 8.04. The van der Waals surface area contributed by atoms with Crippen LogP contribution in [-0.2, 0) is 11.3 Å². The van der Waals surface area contributed by atoms with Gasteiger partial charge in [0.25, 0.3) is 5.91 Å². The lowest BCUT2D eigenvalue weighted by Crippen LogP contribution is -2.45. The van der Waals surface area contributed by atoms with Crippen LogP contribution in [0.2, 0.25) is 0 Å². The van der Waals surface area contributed by atoms with Gasteiger partial charge in [0.1, 0.15) is 11.9 Å². The molecule has 0 unspecified atom stereocenters. The molecule has 1 saturated carbocycles. The number of carbonyl (C=O) groups is 2. The molecular weight excluding hydrogens is 359 g/mol. The molecule has 146 valence electrons. The topological polar surface area (TPSA) is 75.2 Å². The van der Waals surface area contributed by atoms with Gasteiger partial charge in [0.15, 0.2) is 5.82 Å². The lowest BCUT2D eigenvalue weighted by atomic mass is 9.84. The van der Waals surface area contributed by atoms with Gasteiger partial charge < -0.3 is 10.2 Å². The Hall–Kier alpha value is -2.83. The van der Waals surface area contributed by atoms with Crippen LogP contribution in [0.1, 0.15) is 54.4 Å². The normalized spacial score (nSPS) is 18.0. The first-order valence-corrected chi connectivity index (χ1v) is 9.78. The van der Waals surface area contributed by atoms with Crippen LogP contribution in [0.25, 0.3) is 0 Å². The Labute approximate surface area is 163 Å². The van der Waals surface area contributed by atoms with Gasteiger partial charge in [-0.1, -0.05) is 38.2 Å². The molecule has 6 nitrogen and oxygen atoms in total. The van der Waals surface area contributed by atoms with Crippen molar-refractivity contribution in [2.45, 2.75) is 51.1 Å². The van der Waals surface area contributed by atoms with E-state index in [2.05, 4.69) is 15.3 Å². The summed E-state index contributed by atoms with van der Waals surface area (Å²) in [6.45, 7) is 0.117. The third kappa shape index (κ3) is 3.74. The number of halogens is 1. The van der Waals surface area contributed by atoms with E-state index in [0.717, 1.165) is 25.7 Å². The highest BCUT2D eigenvalue weighted by Gasteiger charge is 2.39. The fraction of sp³-hybridized carbons (Fsp3) is 0.429. The molecule has 28 heavy (non-hydrogen) atoms. The third-order valence-corrected chi connectivity index (χ3v) is 5.71. The molecule has 1 aliphatic heterocycles. The summed E-state index contributed by atoms with van der Waals surface area (Å²) < 4.78 is 14.2. The fourth-order valence-corrected chi connectivity index (χ4v) is 4.26. The molecule has 0 saturated heterocycles. The van der Waals surface area contributed by atoms with E-state index in [0.29, 0.717) is 29.3 Å². The van der Waals surface area contributed by atoms with E-state index in [1.807, 2.05) is 0 Å². The summed E-state index contributed by atoms with van der Waals surface area (Å²) in [6, 6.07) is 3.85. The van der Waals surface area contributed by atoms with E-state index < -0.39 is 11.9 Å². The number of carbonyl (C=O) groups excluding carboxylic acids is 2. The molecule has 1 atom stereocenters. The molecule has 0 spiro atoms. The molecule has 1 aromatic heterocycles. The van der Waals surface area contributed by atoms with Crippen molar-refractivity contribution in [3.8, 4) is 0 Å². The Kier molecular flexibility index (Phi) is 5.32. The number of hydrogen-bond acceptors (Lipinski definition) is 4.